The third-order valence-corrected chi connectivity index (χ3v) is 7.05. The molecule has 5 rings (SSSR count). The number of carbonyl (C=O) groups is 1. The van der Waals surface area contributed by atoms with Crippen molar-refractivity contribution in [3.8, 4) is 5.75 Å². The number of rotatable bonds is 7. The number of likely N-dealkylation sites (tertiary alicyclic amines) is 1. The summed E-state index contributed by atoms with van der Waals surface area (Å²) in [4.78, 5) is 26.1. The van der Waals surface area contributed by atoms with E-state index in [4.69, 9.17) is 10.5 Å². The van der Waals surface area contributed by atoms with Crippen molar-refractivity contribution in [2.24, 2.45) is 11.0 Å². The standard InChI is InChI=1S/C28H31N5O3/c1-2-36-26-11-6-19(14-30-31-28(35)21-7-9-24(29)10-8-21)12-23(26)18-32-15-20-13-22(17-32)25-4-3-5-27(34)33(25)16-20/h3-12,14,20,22H,2,13,15-18,29H2,1H3,(H,31,35)/p+1. The quantitative estimate of drug-likeness (QED) is 0.269. The molecule has 8 nitrogen and oxygen atoms in total. The van der Waals surface area contributed by atoms with Gasteiger partial charge in [0.15, 0.2) is 0 Å². The Bertz CT molecular complexity index is 1330. The molecule has 1 fully saturated rings. The Labute approximate surface area is 210 Å². The molecular formula is C28H32N5O3+. The number of pyridine rings is 1. The highest BCUT2D eigenvalue weighted by Crippen LogP contribution is 2.30. The summed E-state index contributed by atoms with van der Waals surface area (Å²) >= 11 is 0. The first-order valence-electron chi connectivity index (χ1n) is 12.5. The summed E-state index contributed by atoms with van der Waals surface area (Å²) in [5.41, 5.74) is 12.6. The van der Waals surface area contributed by atoms with E-state index in [0.29, 0.717) is 29.7 Å². The van der Waals surface area contributed by atoms with Gasteiger partial charge in [0.2, 0.25) is 0 Å². The SMILES string of the molecule is CCOc1ccc(C=NNC(=O)c2ccc(N)cc2)cc1C[NH+]1CC2CC(C1)c1cccc(=O)n1C2. The van der Waals surface area contributed by atoms with Gasteiger partial charge in [0, 0.05) is 47.0 Å². The van der Waals surface area contributed by atoms with Crippen LogP contribution in [0.1, 0.15) is 46.4 Å². The Morgan fingerprint density at radius 2 is 2.03 bits per heavy atom. The molecule has 1 amide bonds. The van der Waals surface area contributed by atoms with Crippen molar-refractivity contribution in [2.75, 3.05) is 25.4 Å². The van der Waals surface area contributed by atoms with E-state index in [9.17, 15) is 9.59 Å². The Morgan fingerprint density at radius 1 is 1.19 bits per heavy atom. The van der Waals surface area contributed by atoms with Crippen LogP contribution >= 0.6 is 0 Å². The van der Waals surface area contributed by atoms with Crippen molar-refractivity contribution >= 4 is 17.8 Å². The maximum absolute atomic E-state index is 12.3. The van der Waals surface area contributed by atoms with E-state index in [1.807, 2.05) is 29.7 Å². The molecule has 3 heterocycles. The van der Waals surface area contributed by atoms with Crippen molar-refractivity contribution < 1.29 is 14.4 Å². The number of carbonyl (C=O) groups excluding carboxylic acids is 1. The van der Waals surface area contributed by atoms with Crippen LogP contribution < -0.4 is 26.4 Å². The van der Waals surface area contributed by atoms with Crippen molar-refractivity contribution in [3.63, 3.8) is 0 Å². The fourth-order valence-corrected chi connectivity index (χ4v) is 5.51. The number of aromatic nitrogens is 1. The Balaban J connectivity index is 1.29. The van der Waals surface area contributed by atoms with Crippen molar-refractivity contribution in [3.05, 3.63) is 93.4 Å². The van der Waals surface area contributed by atoms with Crippen molar-refractivity contribution in [2.45, 2.75) is 32.4 Å². The zero-order valence-corrected chi connectivity index (χ0v) is 20.4. The molecule has 4 N–H and O–H groups in total. The third kappa shape index (κ3) is 5.18. The van der Waals surface area contributed by atoms with Gasteiger partial charge in [0.25, 0.3) is 11.5 Å². The molecule has 186 valence electrons. The molecule has 0 aliphatic carbocycles. The fourth-order valence-electron chi connectivity index (χ4n) is 5.51. The van der Waals surface area contributed by atoms with Gasteiger partial charge < -0.3 is 19.9 Å². The first-order valence-corrected chi connectivity index (χ1v) is 12.5. The van der Waals surface area contributed by atoms with E-state index >= 15 is 0 Å². The third-order valence-electron chi connectivity index (χ3n) is 7.05. The van der Waals surface area contributed by atoms with Gasteiger partial charge in [-0.05, 0) is 67.4 Å². The summed E-state index contributed by atoms with van der Waals surface area (Å²) < 4.78 is 7.90. The molecule has 2 aromatic carbocycles. The van der Waals surface area contributed by atoms with Crippen LogP contribution in [0.5, 0.6) is 5.75 Å². The monoisotopic (exact) mass is 486 g/mol. The number of piperidine rings is 1. The number of hydrogen-bond donors (Lipinski definition) is 3. The lowest BCUT2D eigenvalue weighted by atomic mass is 9.83. The van der Waals surface area contributed by atoms with Crippen LogP contribution in [0, 0.1) is 5.92 Å². The van der Waals surface area contributed by atoms with Crippen LogP contribution in [0.15, 0.2) is 70.6 Å². The number of quaternary nitrogens is 1. The molecule has 0 radical (unpaired) electrons. The number of amides is 1. The second-order valence-corrected chi connectivity index (χ2v) is 9.65. The molecule has 1 aromatic heterocycles. The van der Waals surface area contributed by atoms with Crippen LogP contribution in [-0.4, -0.2) is 36.4 Å². The number of benzene rings is 2. The number of hydrazone groups is 1. The molecule has 36 heavy (non-hydrogen) atoms. The van der Waals surface area contributed by atoms with Gasteiger partial charge in [-0.1, -0.05) is 6.07 Å². The highest BCUT2D eigenvalue weighted by atomic mass is 16.5. The number of fused-ring (bicyclic) bond motifs is 4. The molecule has 3 unspecified atom stereocenters. The summed E-state index contributed by atoms with van der Waals surface area (Å²) in [6.07, 6.45) is 2.79. The van der Waals surface area contributed by atoms with Gasteiger partial charge in [-0.3, -0.25) is 9.59 Å². The second kappa shape index (κ2) is 10.4. The number of nitrogens with zero attached hydrogens (tertiary/aromatic N) is 2. The first kappa shape index (κ1) is 23.8. The Hall–Kier alpha value is -3.91. The van der Waals surface area contributed by atoms with E-state index in [1.165, 1.54) is 10.6 Å². The Kier molecular flexibility index (Phi) is 6.86. The first-order chi connectivity index (χ1) is 17.5. The Morgan fingerprint density at radius 3 is 2.83 bits per heavy atom. The highest BCUT2D eigenvalue weighted by Gasteiger charge is 2.37. The molecule has 3 atom stereocenters. The van der Waals surface area contributed by atoms with Crippen LogP contribution in [0.4, 0.5) is 5.69 Å². The topological polar surface area (TPSA) is 103 Å². The molecule has 0 saturated carbocycles. The summed E-state index contributed by atoms with van der Waals surface area (Å²) in [6.45, 7) is 6.22. The predicted octanol–water partition coefficient (Wildman–Crippen LogP) is 1.80. The lowest BCUT2D eigenvalue weighted by molar-refractivity contribution is -0.924. The summed E-state index contributed by atoms with van der Waals surface area (Å²) in [6, 6.07) is 18.3. The summed E-state index contributed by atoms with van der Waals surface area (Å²) in [5, 5.41) is 4.15. The van der Waals surface area contributed by atoms with E-state index < -0.39 is 0 Å². The van der Waals surface area contributed by atoms with Gasteiger partial charge in [-0.25, -0.2) is 5.43 Å². The van der Waals surface area contributed by atoms with Gasteiger partial charge in [-0.2, -0.15) is 5.10 Å². The minimum absolute atomic E-state index is 0.111. The number of hydrogen-bond acceptors (Lipinski definition) is 5. The lowest BCUT2D eigenvalue weighted by Gasteiger charge is -2.40. The highest BCUT2D eigenvalue weighted by molar-refractivity contribution is 5.95. The van der Waals surface area contributed by atoms with E-state index in [2.05, 4.69) is 22.7 Å². The molecule has 2 aliphatic rings. The van der Waals surface area contributed by atoms with Crippen molar-refractivity contribution in [1.29, 1.82) is 0 Å². The average Bonchev–Trinajstić information content (AvgIpc) is 2.87. The second-order valence-electron chi connectivity index (χ2n) is 9.65. The summed E-state index contributed by atoms with van der Waals surface area (Å²) in [7, 11) is 0. The zero-order valence-electron chi connectivity index (χ0n) is 20.4. The van der Waals surface area contributed by atoms with Crippen LogP contribution in [0.2, 0.25) is 0 Å². The number of nitrogens with one attached hydrogen (secondary N) is 2. The van der Waals surface area contributed by atoms with E-state index in [-0.39, 0.29) is 11.5 Å². The van der Waals surface area contributed by atoms with Crippen molar-refractivity contribution in [1.82, 2.24) is 9.99 Å². The predicted molar refractivity (Wildman–Crippen MR) is 139 cm³/mol. The van der Waals surface area contributed by atoms with Gasteiger partial charge in [0.1, 0.15) is 12.3 Å². The lowest BCUT2D eigenvalue weighted by Crippen LogP contribution is -3.13. The van der Waals surface area contributed by atoms with Crippen LogP contribution in [0.3, 0.4) is 0 Å². The fraction of sp³-hybridized carbons (Fsp3) is 0.321. The number of nitrogen functional groups attached to an aromatic ring is 1. The molecule has 2 bridgehead atoms. The van der Waals surface area contributed by atoms with Gasteiger partial charge >= 0.3 is 0 Å². The van der Waals surface area contributed by atoms with E-state index in [0.717, 1.165) is 49.5 Å². The maximum Gasteiger partial charge on any atom is 0.271 e. The zero-order chi connectivity index (χ0) is 25.1. The average molecular weight is 487 g/mol. The number of ether oxygens (including phenoxy) is 1. The molecular weight excluding hydrogens is 454 g/mol. The molecule has 1 saturated heterocycles. The molecule has 2 aliphatic heterocycles. The van der Waals surface area contributed by atoms with E-state index in [1.54, 1.807) is 36.5 Å². The molecule has 8 heteroatoms. The summed E-state index contributed by atoms with van der Waals surface area (Å²) in [5.74, 6) is 1.47. The maximum atomic E-state index is 12.3. The number of nitrogens with two attached hydrogens (primary N) is 1. The minimum Gasteiger partial charge on any atom is -0.493 e. The van der Waals surface area contributed by atoms with Gasteiger partial charge in [-0.15, -0.1) is 0 Å². The number of anilines is 1. The largest absolute Gasteiger partial charge is 0.493 e. The van der Waals surface area contributed by atoms with Crippen LogP contribution in [-0.2, 0) is 13.1 Å². The molecule has 3 aromatic rings. The minimum atomic E-state index is -0.291. The molecule has 0 spiro atoms. The smallest absolute Gasteiger partial charge is 0.271 e. The van der Waals surface area contributed by atoms with Crippen LogP contribution in [0.25, 0.3) is 0 Å². The van der Waals surface area contributed by atoms with Gasteiger partial charge in [0.05, 0.1) is 25.9 Å². The normalized spacial score (nSPS) is 20.6.